The highest BCUT2D eigenvalue weighted by molar-refractivity contribution is 7.60. The van der Waals surface area contributed by atoms with Crippen LogP contribution < -0.4 is 4.89 Å². The zero-order valence-electron chi connectivity index (χ0n) is 13.1. The molecule has 1 aliphatic heterocycles. The lowest BCUT2D eigenvalue weighted by atomic mass is 9.97. The highest BCUT2D eigenvalue weighted by atomic mass is 31.2. The van der Waals surface area contributed by atoms with Crippen molar-refractivity contribution in [1.29, 1.82) is 0 Å². The van der Waals surface area contributed by atoms with E-state index < -0.39 is 19.6 Å². The maximum atomic E-state index is 13.2. The van der Waals surface area contributed by atoms with Crippen molar-refractivity contribution >= 4 is 13.9 Å². The third-order valence-corrected chi connectivity index (χ3v) is 5.70. The average Bonchev–Trinajstić information content (AvgIpc) is 2.51. The number of carbonyl (C=O) groups is 1. The number of carbonyl (C=O) groups excluding carboxylic acids is 1. The Labute approximate surface area is 131 Å². The van der Waals surface area contributed by atoms with E-state index in [4.69, 9.17) is 13.8 Å². The topological polar surface area (TPSA) is 67.8 Å². The standard InChI is InChI=1S/C16H21O5P/c1-12(15(17)19-4)14(13-8-6-5-7-9-13)22(18)20-10-16(2,3)11-21-22/h5-9,14H,1,10-11H2,2-4H3. The Bertz CT molecular complexity index is 545. The van der Waals surface area contributed by atoms with E-state index in [-0.39, 0.29) is 11.0 Å². The van der Waals surface area contributed by atoms with Gasteiger partial charge in [-0.2, -0.15) is 0 Å². The monoisotopic (exact) mass is 324 g/mol. The van der Waals surface area contributed by atoms with Crippen molar-refractivity contribution in [3.8, 4) is 0 Å². The van der Waals surface area contributed by atoms with Crippen molar-refractivity contribution < 1.29 is 23.5 Å². The molecule has 6 heteroatoms. The summed E-state index contributed by atoms with van der Waals surface area (Å²) in [5.41, 5.74) is -0.364. The van der Waals surface area contributed by atoms with Crippen LogP contribution in [0.4, 0.5) is 0 Å². The molecule has 0 radical (unpaired) electrons. The molecule has 1 unspecified atom stereocenters. The maximum absolute atomic E-state index is 13.2. The van der Waals surface area contributed by atoms with E-state index in [1.165, 1.54) is 7.11 Å². The predicted octanol–water partition coefficient (Wildman–Crippen LogP) is 2.65. The molecule has 1 atom stereocenters. The fraction of sp³-hybridized carbons (Fsp3) is 0.438. The smallest absolute Gasteiger partial charge is 0.337 e. The lowest BCUT2D eigenvalue weighted by molar-refractivity contribution is -0.235. The summed E-state index contributed by atoms with van der Waals surface area (Å²) in [6.45, 7) is 8.26. The third kappa shape index (κ3) is 3.55. The van der Waals surface area contributed by atoms with Gasteiger partial charge in [0.15, 0.2) is 5.66 Å². The van der Waals surface area contributed by atoms with Gasteiger partial charge in [-0.05, 0) is 0 Å². The fourth-order valence-corrected chi connectivity index (χ4v) is 4.67. The SMILES string of the molecule is C=C(C(=O)OC)C(c1ccccc1)[P+]1([O-])OCC(C)(C)CO1. The second-order valence-corrected chi connectivity index (χ2v) is 8.19. The van der Waals surface area contributed by atoms with Crippen LogP contribution in [0.1, 0.15) is 25.1 Å². The summed E-state index contributed by atoms with van der Waals surface area (Å²) in [7, 11) is -2.29. The Morgan fingerprint density at radius 1 is 1.32 bits per heavy atom. The molecule has 0 saturated carbocycles. The van der Waals surface area contributed by atoms with Crippen molar-refractivity contribution in [3.05, 3.63) is 48.0 Å². The minimum Gasteiger partial charge on any atom is -0.631 e. The van der Waals surface area contributed by atoms with Gasteiger partial charge in [-0.25, -0.2) is 13.8 Å². The second kappa shape index (κ2) is 6.47. The van der Waals surface area contributed by atoms with Crippen LogP contribution in [0, 0.1) is 5.41 Å². The first-order valence-corrected chi connectivity index (χ1v) is 8.61. The third-order valence-electron chi connectivity index (χ3n) is 3.48. The van der Waals surface area contributed by atoms with Gasteiger partial charge < -0.3 is 9.63 Å². The Morgan fingerprint density at radius 2 is 1.86 bits per heavy atom. The van der Waals surface area contributed by atoms with E-state index in [0.717, 1.165) is 0 Å². The summed E-state index contributed by atoms with van der Waals surface area (Å²) in [6, 6.07) is 8.97. The first kappa shape index (κ1) is 17.1. The maximum Gasteiger partial charge on any atom is 0.337 e. The van der Waals surface area contributed by atoms with Crippen LogP contribution in [0.5, 0.6) is 0 Å². The highest BCUT2D eigenvalue weighted by Crippen LogP contribution is 2.69. The molecule has 0 N–H and O–H groups in total. The Balaban J connectivity index is 2.37. The molecule has 0 aromatic heterocycles. The van der Waals surface area contributed by atoms with E-state index >= 15 is 0 Å². The molecule has 120 valence electrons. The minimum absolute atomic E-state index is 0.0664. The van der Waals surface area contributed by atoms with Crippen molar-refractivity contribution in [1.82, 2.24) is 0 Å². The molecule has 1 fully saturated rings. The minimum atomic E-state index is -3.55. The van der Waals surface area contributed by atoms with Crippen LogP contribution in [0.15, 0.2) is 42.5 Å². The normalized spacial score (nSPS) is 20.9. The molecule has 0 amide bonds. The number of hydrogen-bond acceptors (Lipinski definition) is 5. The number of benzene rings is 1. The van der Waals surface area contributed by atoms with Gasteiger partial charge >= 0.3 is 5.97 Å². The van der Waals surface area contributed by atoms with Crippen LogP contribution >= 0.6 is 7.94 Å². The summed E-state index contributed by atoms with van der Waals surface area (Å²) in [4.78, 5) is 25.1. The molecule has 0 aliphatic carbocycles. The number of ether oxygens (including phenoxy) is 1. The largest absolute Gasteiger partial charge is 0.631 e. The molecular formula is C16H21O5P. The van der Waals surface area contributed by atoms with Crippen LogP contribution in [0.2, 0.25) is 0 Å². The zero-order valence-corrected chi connectivity index (χ0v) is 14.0. The molecule has 0 bridgehead atoms. The summed E-state index contributed by atoms with van der Waals surface area (Å²) >= 11 is 0. The zero-order chi connectivity index (χ0) is 16.4. The van der Waals surface area contributed by atoms with E-state index in [2.05, 4.69) is 6.58 Å². The number of hydrogen-bond donors (Lipinski definition) is 0. The first-order valence-electron chi connectivity index (χ1n) is 7.00. The molecule has 22 heavy (non-hydrogen) atoms. The Hall–Kier alpha value is -1.26. The van der Waals surface area contributed by atoms with Gasteiger partial charge in [-0.1, -0.05) is 50.8 Å². The van der Waals surface area contributed by atoms with Gasteiger partial charge in [-0.15, -0.1) is 0 Å². The van der Waals surface area contributed by atoms with Gasteiger partial charge in [0.05, 0.1) is 12.7 Å². The van der Waals surface area contributed by atoms with Crippen molar-refractivity contribution in [2.45, 2.75) is 19.5 Å². The quantitative estimate of drug-likeness (QED) is 0.484. The molecule has 1 aromatic rings. The lowest BCUT2D eigenvalue weighted by Crippen LogP contribution is -2.38. The predicted molar refractivity (Wildman–Crippen MR) is 82.9 cm³/mol. The van der Waals surface area contributed by atoms with Crippen LogP contribution in [-0.2, 0) is 18.6 Å². The molecule has 1 aliphatic rings. The van der Waals surface area contributed by atoms with Crippen molar-refractivity contribution in [2.24, 2.45) is 5.41 Å². The van der Waals surface area contributed by atoms with E-state index in [9.17, 15) is 9.69 Å². The molecule has 2 rings (SSSR count). The number of esters is 1. The van der Waals surface area contributed by atoms with Crippen LogP contribution in [0.25, 0.3) is 0 Å². The number of rotatable bonds is 4. The van der Waals surface area contributed by atoms with Gasteiger partial charge in [0, 0.05) is 11.0 Å². The summed E-state index contributed by atoms with van der Waals surface area (Å²) in [5, 5.41) is 0. The van der Waals surface area contributed by atoms with Gasteiger partial charge in [0.2, 0.25) is 7.94 Å². The number of methoxy groups -OCH3 is 1. The molecule has 1 saturated heterocycles. The van der Waals surface area contributed by atoms with Gasteiger partial charge in [0.25, 0.3) is 0 Å². The summed E-state index contributed by atoms with van der Waals surface area (Å²) in [6.07, 6.45) is 0. The molecule has 1 heterocycles. The fourth-order valence-electron chi connectivity index (χ4n) is 2.21. The second-order valence-electron chi connectivity index (χ2n) is 6.08. The molecular weight excluding hydrogens is 303 g/mol. The van der Waals surface area contributed by atoms with E-state index in [0.29, 0.717) is 18.8 Å². The average molecular weight is 324 g/mol. The first-order chi connectivity index (χ1) is 10.3. The Morgan fingerprint density at radius 3 is 2.36 bits per heavy atom. The lowest BCUT2D eigenvalue weighted by Gasteiger charge is -2.42. The van der Waals surface area contributed by atoms with E-state index in [1.54, 1.807) is 24.3 Å². The van der Waals surface area contributed by atoms with Gasteiger partial charge in [-0.3, -0.25) is 0 Å². The molecule has 5 nitrogen and oxygen atoms in total. The van der Waals surface area contributed by atoms with E-state index in [1.807, 2.05) is 19.9 Å². The van der Waals surface area contributed by atoms with Crippen molar-refractivity contribution in [3.63, 3.8) is 0 Å². The molecule has 0 spiro atoms. The van der Waals surface area contributed by atoms with Crippen LogP contribution in [0.3, 0.4) is 0 Å². The highest BCUT2D eigenvalue weighted by Gasteiger charge is 2.51. The molecule has 1 aromatic carbocycles. The summed E-state index contributed by atoms with van der Waals surface area (Å²) in [5.74, 6) is -0.624. The van der Waals surface area contributed by atoms with Gasteiger partial charge in [0.1, 0.15) is 13.2 Å². The van der Waals surface area contributed by atoms with Crippen molar-refractivity contribution in [2.75, 3.05) is 20.3 Å². The van der Waals surface area contributed by atoms with Crippen LogP contribution in [-0.4, -0.2) is 26.3 Å². The summed E-state index contributed by atoms with van der Waals surface area (Å²) < 4.78 is 15.9. The Kier molecular flexibility index (Phi) is 5.03.